The summed E-state index contributed by atoms with van der Waals surface area (Å²) in [5.41, 5.74) is 0.849. The molecule has 0 spiro atoms. The van der Waals surface area contributed by atoms with E-state index in [-0.39, 0.29) is 23.5 Å². The molecule has 0 bridgehead atoms. The number of piperazine rings is 1. The first-order chi connectivity index (χ1) is 11.0. The SMILES string of the molecule is COc1ccccc1C1CNCCN1S(=O)(=O)c1cn(C)cn1.Cl. The second-order valence-electron chi connectivity index (χ2n) is 5.46. The minimum atomic E-state index is -3.66. The Balaban J connectivity index is 0.00000208. The average Bonchev–Trinajstić information content (AvgIpc) is 3.02. The molecule has 1 N–H and O–H groups in total. The third kappa shape index (κ3) is 3.41. The van der Waals surface area contributed by atoms with Gasteiger partial charge < -0.3 is 14.6 Å². The lowest BCUT2D eigenvalue weighted by Gasteiger charge is -2.35. The van der Waals surface area contributed by atoms with Crippen molar-refractivity contribution in [3.05, 3.63) is 42.4 Å². The molecule has 1 aliphatic rings. The van der Waals surface area contributed by atoms with Gasteiger partial charge in [-0.15, -0.1) is 12.4 Å². The summed E-state index contributed by atoms with van der Waals surface area (Å²) in [6, 6.07) is 7.17. The van der Waals surface area contributed by atoms with Crippen LogP contribution in [0.15, 0.2) is 41.8 Å². The van der Waals surface area contributed by atoms with Crippen molar-refractivity contribution in [2.75, 3.05) is 26.7 Å². The second kappa shape index (κ2) is 7.52. The molecule has 0 aliphatic carbocycles. The Bertz CT molecular complexity index is 794. The van der Waals surface area contributed by atoms with Crippen LogP contribution in [-0.2, 0) is 17.1 Å². The first-order valence-electron chi connectivity index (χ1n) is 7.37. The van der Waals surface area contributed by atoms with E-state index in [0.29, 0.717) is 25.4 Å². The van der Waals surface area contributed by atoms with Crippen molar-refractivity contribution in [3.63, 3.8) is 0 Å². The maximum absolute atomic E-state index is 13.0. The first kappa shape index (κ1) is 18.7. The van der Waals surface area contributed by atoms with Crippen LogP contribution in [0.3, 0.4) is 0 Å². The van der Waals surface area contributed by atoms with E-state index in [0.717, 1.165) is 5.56 Å². The number of methoxy groups -OCH3 is 1. The number of sulfonamides is 1. The maximum atomic E-state index is 13.0. The van der Waals surface area contributed by atoms with Crippen molar-refractivity contribution in [3.8, 4) is 5.75 Å². The molecule has 1 saturated heterocycles. The summed E-state index contributed by atoms with van der Waals surface area (Å²) >= 11 is 0. The minimum absolute atomic E-state index is 0. The summed E-state index contributed by atoms with van der Waals surface area (Å²) in [6.07, 6.45) is 3.02. The summed E-state index contributed by atoms with van der Waals surface area (Å²) in [5.74, 6) is 0.683. The Morgan fingerprint density at radius 3 is 2.75 bits per heavy atom. The van der Waals surface area contributed by atoms with Crippen LogP contribution in [0.1, 0.15) is 11.6 Å². The summed E-state index contributed by atoms with van der Waals surface area (Å²) < 4.78 is 34.5. The standard InChI is InChI=1S/C15H20N4O3S.ClH/c1-18-10-15(17-11-18)23(20,21)19-8-7-16-9-13(19)12-5-3-4-6-14(12)22-2;/h3-6,10-11,13,16H,7-9H2,1-2H3;1H. The van der Waals surface area contributed by atoms with Crippen LogP contribution in [0.2, 0.25) is 0 Å². The molecule has 132 valence electrons. The Hall–Kier alpha value is -1.61. The van der Waals surface area contributed by atoms with Gasteiger partial charge in [0.1, 0.15) is 5.75 Å². The zero-order valence-corrected chi connectivity index (χ0v) is 15.2. The van der Waals surface area contributed by atoms with E-state index >= 15 is 0 Å². The van der Waals surface area contributed by atoms with Crippen molar-refractivity contribution >= 4 is 22.4 Å². The lowest BCUT2D eigenvalue weighted by atomic mass is 10.0. The van der Waals surface area contributed by atoms with Gasteiger partial charge in [0, 0.05) is 38.4 Å². The highest BCUT2D eigenvalue weighted by Crippen LogP contribution is 2.33. The van der Waals surface area contributed by atoms with Gasteiger partial charge in [-0.05, 0) is 6.07 Å². The van der Waals surface area contributed by atoms with Gasteiger partial charge in [0.25, 0.3) is 10.0 Å². The van der Waals surface area contributed by atoms with Crippen molar-refractivity contribution in [1.29, 1.82) is 0 Å². The molecule has 0 amide bonds. The molecule has 1 atom stereocenters. The Morgan fingerprint density at radius 2 is 2.08 bits per heavy atom. The van der Waals surface area contributed by atoms with E-state index in [2.05, 4.69) is 10.3 Å². The number of nitrogens with one attached hydrogen (secondary N) is 1. The molecule has 1 aromatic heterocycles. The Kier molecular flexibility index (Phi) is 5.87. The van der Waals surface area contributed by atoms with Gasteiger partial charge >= 0.3 is 0 Å². The van der Waals surface area contributed by atoms with Gasteiger partial charge in [-0.2, -0.15) is 4.31 Å². The molecule has 1 aliphatic heterocycles. The molecule has 24 heavy (non-hydrogen) atoms. The van der Waals surface area contributed by atoms with Crippen molar-refractivity contribution in [2.24, 2.45) is 7.05 Å². The van der Waals surface area contributed by atoms with E-state index in [4.69, 9.17) is 4.74 Å². The Labute approximate surface area is 148 Å². The summed E-state index contributed by atoms with van der Waals surface area (Å²) in [7, 11) is -0.316. The predicted octanol–water partition coefficient (Wildman–Crippen LogP) is 1.19. The quantitative estimate of drug-likeness (QED) is 0.872. The molecule has 1 fully saturated rings. The molecule has 3 rings (SSSR count). The molecular weight excluding hydrogens is 352 g/mol. The minimum Gasteiger partial charge on any atom is -0.496 e. The van der Waals surface area contributed by atoms with Crippen LogP contribution in [0.4, 0.5) is 0 Å². The lowest BCUT2D eigenvalue weighted by molar-refractivity contribution is 0.264. The number of hydrogen-bond acceptors (Lipinski definition) is 5. The van der Waals surface area contributed by atoms with Gasteiger partial charge in [-0.1, -0.05) is 18.2 Å². The van der Waals surface area contributed by atoms with Gasteiger partial charge in [-0.25, -0.2) is 13.4 Å². The molecule has 1 aromatic carbocycles. The zero-order chi connectivity index (χ0) is 16.4. The van der Waals surface area contributed by atoms with Crippen molar-refractivity contribution in [1.82, 2.24) is 19.2 Å². The van der Waals surface area contributed by atoms with Crippen LogP contribution in [0, 0.1) is 0 Å². The number of ether oxygens (including phenoxy) is 1. The number of aromatic nitrogens is 2. The highest BCUT2D eigenvalue weighted by molar-refractivity contribution is 7.89. The molecule has 2 aromatic rings. The van der Waals surface area contributed by atoms with E-state index in [1.54, 1.807) is 18.7 Å². The number of para-hydroxylation sites is 1. The van der Waals surface area contributed by atoms with Crippen molar-refractivity contribution < 1.29 is 13.2 Å². The smallest absolute Gasteiger partial charge is 0.262 e. The number of halogens is 1. The van der Waals surface area contributed by atoms with Crippen molar-refractivity contribution in [2.45, 2.75) is 11.1 Å². The van der Waals surface area contributed by atoms with Crippen LogP contribution < -0.4 is 10.1 Å². The maximum Gasteiger partial charge on any atom is 0.262 e. The van der Waals surface area contributed by atoms with Crippen LogP contribution in [-0.4, -0.2) is 49.0 Å². The summed E-state index contributed by atoms with van der Waals surface area (Å²) in [6.45, 7) is 1.53. The molecule has 0 radical (unpaired) electrons. The summed E-state index contributed by atoms with van der Waals surface area (Å²) in [5, 5.41) is 3.33. The fourth-order valence-electron chi connectivity index (χ4n) is 2.82. The number of nitrogens with zero attached hydrogens (tertiary/aromatic N) is 3. The topological polar surface area (TPSA) is 76.5 Å². The number of rotatable bonds is 4. The summed E-state index contributed by atoms with van der Waals surface area (Å²) in [4.78, 5) is 4.02. The fraction of sp³-hybridized carbons (Fsp3) is 0.400. The molecule has 2 heterocycles. The number of imidazole rings is 1. The average molecular weight is 373 g/mol. The number of aryl methyl sites for hydroxylation is 1. The van der Waals surface area contributed by atoms with Crippen LogP contribution >= 0.6 is 12.4 Å². The molecule has 1 unspecified atom stereocenters. The molecule has 7 nitrogen and oxygen atoms in total. The molecule has 0 saturated carbocycles. The third-order valence-electron chi connectivity index (χ3n) is 3.95. The van der Waals surface area contributed by atoms with Crippen LogP contribution in [0.5, 0.6) is 5.75 Å². The molecule has 9 heteroatoms. The third-order valence-corrected chi connectivity index (χ3v) is 5.74. The highest BCUT2D eigenvalue weighted by Gasteiger charge is 2.36. The lowest BCUT2D eigenvalue weighted by Crippen LogP contribution is -2.48. The predicted molar refractivity (Wildman–Crippen MR) is 93.0 cm³/mol. The van der Waals surface area contributed by atoms with E-state index in [9.17, 15) is 8.42 Å². The van der Waals surface area contributed by atoms with E-state index < -0.39 is 10.0 Å². The van der Waals surface area contributed by atoms with Crippen LogP contribution in [0.25, 0.3) is 0 Å². The van der Waals surface area contributed by atoms with E-state index in [1.807, 2.05) is 24.3 Å². The largest absolute Gasteiger partial charge is 0.496 e. The van der Waals surface area contributed by atoms with Gasteiger partial charge in [-0.3, -0.25) is 0 Å². The normalized spacial score (nSPS) is 18.8. The first-order valence-corrected chi connectivity index (χ1v) is 8.81. The van der Waals surface area contributed by atoms with Gasteiger partial charge in [0.05, 0.1) is 19.5 Å². The zero-order valence-electron chi connectivity index (χ0n) is 13.5. The Morgan fingerprint density at radius 1 is 1.33 bits per heavy atom. The van der Waals surface area contributed by atoms with Gasteiger partial charge in [0.2, 0.25) is 0 Å². The highest BCUT2D eigenvalue weighted by atomic mass is 35.5. The monoisotopic (exact) mass is 372 g/mol. The van der Waals surface area contributed by atoms with Gasteiger partial charge in [0.15, 0.2) is 5.03 Å². The number of hydrogen-bond donors (Lipinski definition) is 1. The van der Waals surface area contributed by atoms with E-state index in [1.165, 1.54) is 16.8 Å². The second-order valence-corrected chi connectivity index (χ2v) is 7.29. The number of benzene rings is 1. The fourth-order valence-corrected chi connectivity index (χ4v) is 4.40. The molecular formula is C15H21ClN4O3S.